The average molecular weight is 324 g/mol. The molecule has 0 atom stereocenters. The Balaban J connectivity index is 1.89. The van der Waals surface area contributed by atoms with Gasteiger partial charge in [-0.15, -0.1) is 0 Å². The second-order valence-corrected chi connectivity index (χ2v) is 7.55. The molecule has 0 unspecified atom stereocenters. The minimum atomic E-state index is -0.112. The highest BCUT2D eigenvalue weighted by atomic mass is 32.2. The molecule has 1 N–H and O–H groups in total. The summed E-state index contributed by atoms with van der Waals surface area (Å²) in [6.07, 6.45) is 13.3. The van der Waals surface area contributed by atoms with Gasteiger partial charge in [0.2, 0.25) is 5.12 Å². The van der Waals surface area contributed by atoms with Gasteiger partial charge in [0.15, 0.2) is 0 Å². The number of Topliss-reactive ketones (excluding diaryl/α,β-unsaturated/α-hetero) is 1. The number of carbonyl (C=O) groups excluding carboxylic acids is 2. The lowest BCUT2D eigenvalue weighted by atomic mass is 9.87. The maximum Gasteiger partial charge on any atom is 0.219 e. The first-order valence-electron chi connectivity index (χ1n) is 8.79. The third-order valence-corrected chi connectivity index (χ3v) is 5.77. The van der Waals surface area contributed by atoms with Gasteiger partial charge in [-0.25, -0.2) is 0 Å². The first-order valence-corrected chi connectivity index (χ1v) is 9.78. The van der Waals surface area contributed by atoms with E-state index in [2.05, 4.69) is 0 Å². The number of thioether (sulfide) groups is 1. The molecule has 1 heterocycles. The predicted molar refractivity (Wildman–Crippen MR) is 91.0 cm³/mol. The number of hydrogen-bond donors (Lipinski definition) is 1. The van der Waals surface area contributed by atoms with Gasteiger partial charge >= 0.3 is 0 Å². The number of hydrogen-bond acceptors (Lipinski definition) is 4. The van der Waals surface area contributed by atoms with Crippen molar-refractivity contribution in [2.75, 3.05) is 5.75 Å². The van der Waals surface area contributed by atoms with Crippen LogP contribution in [-0.2, 0) is 9.59 Å². The molecule has 0 amide bonds. The van der Waals surface area contributed by atoms with Gasteiger partial charge in [0.05, 0.1) is 11.3 Å². The predicted octanol–water partition coefficient (Wildman–Crippen LogP) is 4.95. The fraction of sp³-hybridized carbons (Fsp3) is 0.778. The normalized spacial score (nSPS) is 23.2. The summed E-state index contributed by atoms with van der Waals surface area (Å²) >= 11 is 1.11. The number of rotatable bonds is 3. The Labute approximate surface area is 137 Å². The molecule has 2 aliphatic rings. The molecule has 1 aliphatic carbocycles. The molecule has 4 heteroatoms. The van der Waals surface area contributed by atoms with Crippen molar-refractivity contribution in [3.63, 3.8) is 0 Å². The van der Waals surface area contributed by atoms with Crippen LogP contribution in [0.4, 0.5) is 0 Å². The lowest BCUT2D eigenvalue weighted by molar-refractivity contribution is -0.123. The molecule has 2 rings (SSSR count). The summed E-state index contributed by atoms with van der Waals surface area (Å²) in [5.41, 5.74) is 0.362. The highest BCUT2D eigenvalue weighted by Crippen LogP contribution is 2.30. The van der Waals surface area contributed by atoms with Crippen LogP contribution in [0.2, 0.25) is 0 Å². The first kappa shape index (κ1) is 17.6. The molecule has 22 heavy (non-hydrogen) atoms. The van der Waals surface area contributed by atoms with Crippen molar-refractivity contribution in [1.82, 2.24) is 0 Å². The van der Waals surface area contributed by atoms with Crippen LogP contribution in [0, 0.1) is 5.92 Å². The van der Waals surface area contributed by atoms with E-state index in [1.54, 1.807) is 0 Å². The molecule has 0 saturated heterocycles. The Hall–Kier alpha value is -0.770. The number of carbonyl (C=O) groups is 2. The summed E-state index contributed by atoms with van der Waals surface area (Å²) < 4.78 is 0. The number of ketones is 1. The number of aliphatic hydroxyl groups is 1. The van der Waals surface area contributed by atoms with Crippen LogP contribution < -0.4 is 0 Å². The Morgan fingerprint density at radius 1 is 0.955 bits per heavy atom. The summed E-state index contributed by atoms with van der Waals surface area (Å²) in [5.74, 6) is 0.704. The molecular weight excluding hydrogens is 296 g/mol. The van der Waals surface area contributed by atoms with Crippen molar-refractivity contribution in [2.45, 2.75) is 77.0 Å². The van der Waals surface area contributed by atoms with Crippen LogP contribution in [-0.4, -0.2) is 21.8 Å². The summed E-state index contributed by atoms with van der Waals surface area (Å²) in [6.45, 7) is 0. The first-order chi connectivity index (χ1) is 10.7. The fourth-order valence-electron chi connectivity index (χ4n) is 3.40. The average Bonchev–Trinajstić information content (AvgIpc) is 2.79. The highest BCUT2D eigenvalue weighted by molar-refractivity contribution is 8.14. The van der Waals surface area contributed by atoms with Crippen molar-refractivity contribution in [3.8, 4) is 0 Å². The molecule has 3 nitrogen and oxygen atoms in total. The largest absolute Gasteiger partial charge is 0.511 e. The maximum absolute atomic E-state index is 12.6. The van der Waals surface area contributed by atoms with Gasteiger partial charge in [0, 0.05) is 12.3 Å². The Bertz CT molecular complexity index is 416. The van der Waals surface area contributed by atoms with E-state index in [1.165, 1.54) is 44.9 Å². The van der Waals surface area contributed by atoms with Gasteiger partial charge in [-0.05, 0) is 12.8 Å². The van der Waals surface area contributed by atoms with Gasteiger partial charge in [-0.3, -0.25) is 9.59 Å². The van der Waals surface area contributed by atoms with Gasteiger partial charge in [0.25, 0.3) is 0 Å². The fourth-order valence-corrected chi connectivity index (χ4v) is 4.21. The second-order valence-electron chi connectivity index (χ2n) is 6.60. The summed E-state index contributed by atoms with van der Waals surface area (Å²) in [4.78, 5) is 24.3. The van der Waals surface area contributed by atoms with Crippen LogP contribution in [0.25, 0.3) is 0 Å². The van der Waals surface area contributed by atoms with E-state index in [1.807, 2.05) is 0 Å². The van der Waals surface area contributed by atoms with Crippen molar-refractivity contribution in [3.05, 3.63) is 11.3 Å². The van der Waals surface area contributed by atoms with Crippen molar-refractivity contribution < 1.29 is 14.7 Å². The van der Waals surface area contributed by atoms with Gasteiger partial charge in [-0.1, -0.05) is 69.5 Å². The molecule has 1 aliphatic heterocycles. The molecular formula is C18H28O3S. The molecule has 0 spiro atoms. The minimum Gasteiger partial charge on any atom is -0.511 e. The van der Waals surface area contributed by atoms with Gasteiger partial charge < -0.3 is 5.11 Å². The second kappa shape index (κ2) is 9.39. The Morgan fingerprint density at radius 3 is 1.91 bits per heavy atom. The van der Waals surface area contributed by atoms with E-state index in [0.29, 0.717) is 11.3 Å². The van der Waals surface area contributed by atoms with Crippen LogP contribution >= 0.6 is 11.8 Å². The quantitative estimate of drug-likeness (QED) is 0.798. The molecule has 0 aromatic rings. The zero-order valence-electron chi connectivity index (χ0n) is 13.4. The van der Waals surface area contributed by atoms with Crippen molar-refractivity contribution >= 4 is 22.7 Å². The van der Waals surface area contributed by atoms with Crippen LogP contribution in [0.5, 0.6) is 0 Å². The van der Waals surface area contributed by atoms with Crippen LogP contribution in [0.15, 0.2) is 11.3 Å². The molecule has 0 bridgehead atoms. The Kier molecular flexibility index (Phi) is 7.50. The molecule has 1 fully saturated rings. The molecule has 0 aromatic carbocycles. The van der Waals surface area contributed by atoms with E-state index in [0.717, 1.165) is 37.4 Å². The van der Waals surface area contributed by atoms with Crippen LogP contribution in [0.1, 0.15) is 77.0 Å². The third-order valence-electron chi connectivity index (χ3n) is 4.85. The van der Waals surface area contributed by atoms with E-state index < -0.39 is 0 Å². The van der Waals surface area contributed by atoms with E-state index in [9.17, 15) is 14.7 Å². The van der Waals surface area contributed by atoms with Crippen molar-refractivity contribution in [1.29, 1.82) is 0 Å². The zero-order valence-corrected chi connectivity index (χ0v) is 14.3. The van der Waals surface area contributed by atoms with E-state index >= 15 is 0 Å². The summed E-state index contributed by atoms with van der Waals surface area (Å²) in [5, 5.41) is 9.63. The standard InChI is InChI=1S/C18H28O3S/c19-16(12-15-17(20)13-22-18(15)21)14-10-8-6-4-2-1-3-5-7-9-11-14/h14,20H,1-13H2. The maximum atomic E-state index is 12.6. The molecule has 124 valence electrons. The smallest absolute Gasteiger partial charge is 0.219 e. The van der Waals surface area contributed by atoms with Gasteiger partial charge in [0.1, 0.15) is 11.5 Å². The summed E-state index contributed by atoms with van der Waals surface area (Å²) in [6, 6.07) is 0. The molecule has 0 aromatic heterocycles. The lowest BCUT2D eigenvalue weighted by Gasteiger charge is -2.17. The highest BCUT2D eigenvalue weighted by Gasteiger charge is 2.28. The topological polar surface area (TPSA) is 54.4 Å². The third kappa shape index (κ3) is 5.45. The SMILES string of the molecule is O=C1SCC(O)=C1CC(=O)C1CCCCCCCCCCC1. The lowest BCUT2D eigenvalue weighted by Crippen LogP contribution is -2.17. The Morgan fingerprint density at radius 2 is 1.45 bits per heavy atom. The van der Waals surface area contributed by atoms with Gasteiger partial charge in [-0.2, -0.15) is 0 Å². The molecule has 0 radical (unpaired) electrons. The monoisotopic (exact) mass is 324 g/mol. The minimum absolute atomic E-state index is 0.0816. The van der Waals surface area contributed by atoms with E-state index in [-0.39, 0.29) is 29.0 Å². The summed E-state index contributed by atoms with van der Waals surface area (Å²) in [7, 11) is 0. The number of aliphatic hydroxyl groups excluding tert-OH is 1. The molecule has 1 saturated carbocycles. The van der Waals surface area contributed by atoms with Crippen LogP contribution in [0.3, 0.4) is 0 Å². The van der Waals surface area contributed by atoms with E-state index in [4.69, 9.17) is 0 Å². The van der Waals surface area contributed by atoms with Crippen molar-refractivity contribution in [2.24, 2.45) is 5.92 Å². The zero-order chi connectivity index (χ0) is 15.8.